The summed E-state index contributed by atoms with van der Waals surface area (Å²) in [5.74, 6) is -1.70. The summed E-state index contributed by atoms with van der Waals surface area (Å²) in [5.41, 5.74) is 6.76. The molecule has 0 spiro atoms. The van der Waals surface area contributed by atoms with Gasteiger partial charge in [0.15, 0.2) is 5.96 Å². The van der Waals surface area contributed by atoms with E-state index < -0.39 is 27.9 Å². The summed E-state index contributed by atoms with van der Waals surface area (Å²) >= 11 is 2.64. The summed E-state index contributed by atoms with van der Waals surface area (Å²) in [5, 5.41) is 33.0. The van der Waals surface area contributed by atoms with Crippen molar-refractivity contribution in [3.8, 4) is 0 Å². The van der Waals surface area contributed by atoms with Gasteiger partial charge in [-0.05, 0) is 68.4 Å². The fourth-order valence-electron chi connectivity index (χ4n) is 4.41. The van der Waals surface area contributed by atoms with Crippen LogP contribution in [0.25, 0.3) is 0 Å². The SMILES string of the molecule is N=C(N)NCCC[C@H](NC(=O)c1sccc1NS(=O)(=O)c1cccc(NCc2csc(C3CCNCC3)n2)c1)C(=O)O. The summed E-state index contributed by atoms with van der Waals surface area (Å²) in [6, 6.07) is 6.60. The highest BCUT2D eigenvalue weighted by Crippen LogP contribution is 2.29. The van der Waals surface area contributed by atoms with E-state index in [4.69, 9.17) is 16.1 Å². The van der Waals surface area contributed by atoms with E-state index in [0.29, 0.717) is 24.6 Å². The summed E-state index contributed by atoms with van der Waals surface area (Å²) in [4.78, 5) is 29.4. The van der Waals surface area contributed by atoms with Crippen LogP contribution in [-0.4, -0.2) is 62.0 Å². The molecule has 0 unspecified atom stereocenters. The van der Waals surface area contributed by atoms with Crippen LogP contribution in [0.3, 0.4) is 0 Å². The molecule has 1 aliphatic rings. The number of aromatic nitrogens is 1. The highest BCUT2D eigenvalue weighted by atomic mass is 32.2. The number of anilines is 2. The lowest BCUT2D eigenvalue weighted by atomic mass is 9.99. The van der Waals surface area contributed by atoms with Gasteiger partial charge in [-0.3, -0.25) is 14.9 Å². The number of hydrogen-bond acceptors (Lipinski definition) is 10. The predicted molar refractivity (Wildman–Crippen MR) is 164 cm³/mol. The summed E-state index contributed by atoms with van der Waals surface area (Å²) in [7, 11) is -4.06. The highest BCUT2D eigenvalue weighted by molar-refractivity contribution is 7.92. The zero-order chi connectivity index (χ0) is 30.1. The van der Waals surface area contributed by atoms with Gasteiger partial charge in [0.1, 0.15) is 10.9 Å². The number of nitrogens with two attached hydrogens (primary N) is 1. The number of nitrogens with one attached hydrogen (secondary N) is 6. The predicted octanol–water partition coefficient (Wildman–Crippen LogP) is 2.53. The van der Waals surface area contributed by atoms with E-state index in [1.165, 1.54) is 18.2 Å². The molecule has 226 valence electrons. The van der Waals surface area contributed by atoms with Crippen molar-refractivity contribution in [2.75, 3.05) is 29.7 Å². The van der Waals surface area contributed by atoms with Crippen molar-refractivity contribution >= 4 is 61.9 Å². The molecule has 0 bridgehead atoms. The number of carboxylic acid groups (broad SMARTS) is 1. The van der Waals surface area contributed by atoms with E-state index in [1.54, 1.807) is 28.8 Å². The Morgan fingerprint density at radius 3 is 2.74 bits per heavy atom. The third kappa shape index (κ3) is 8.64. The lowest BCUT2D eigenvalue weighted by Crippen LogP contribution is -2.41. The highest BCUT2D eigenvalue weighted by Gasteiger charge is 2.25. The molecule has 0 radical (unpaired) electrons. The average molecular weight is 635 g/mol. The number of hydrogen-bond donors (Lipinski definition) is 8. The molecule has 2 aromatic heterocycles. The quantitative estimate of drug-likeness (QED) is 0.0737. The van der Waals surface area contributed by atoms with E-state index >= 15 is 0 Å². The summed E-state index contributed by atoms with van der Waals surface area (Å²) in [6.45, 7) is 2.71. The van der Waals surface area contributed by atoms with Crippen molar-refractivity contribution in [3.63, 3.8) is 0 Å². The minimum absolute atomic E-state index is 0.000106. The Kier molecular flexibility index (Phi) is 10.7. The van der Waals surface area contributed by atoms with E-state index in [0.717, 1.165) is 48.0 Å². The number of piperidine rings is 1. The zero-order valence-corrected chi connectivity index (χ0v) is 25.1. The number of aliphatic carboxylic acids is 1. The van der Waals surface area contributed by atoms with Crippen LogP contribution in [0.4, 0.5) is 11.4 Å². The lowest BCUT2D eigenvalue weighted by molar-refractivity contribution is -0.139. The molecule has 1 saturated heterocycles. The fraction of sp³-hybridized carbons (Fsp3) is 0.385. The van der Waals surface area contributed by atoms with Gasteiger partial charge in [-0.2, -0.15) is 0 Å². The Balaban J connectivity index is 1.37. The number of guanidine groups is 1. The first-order valence-corrected chi connectivity index (χ1v) is 16.6. The Morgan fingerprint density at radius 1 is 1.21 bits per heavy atom. The van der Waals surface area contributed by atoms with Crippen LogP contribution >= 0.6 is 22.7 Å². The monoisotopic (exact) mass is 634 g/mol. The molecule has 1 fully saturated rings. The minimum Gasteiger partial charge on any atom is -0.480 e. The Bertz CT molecular complexity index is 1500. The number of sulfonamides is 1. The molecule has 0 aliphatic carbocycles. The first-order valence-electron chi connectivity index (χ1n) is 13.3. The molecule has 42 heavy (non-hydrogen) atoms. The molecule has 0 saturated carbocycles. The van der Waals surface area contributed by atoms with E-state index in [-0.39, 0.29) is 34.4 Å². The molecule has 16 heteroatoms. The third-order valence-electron chi connectivity index (χ3n) is 6.58. The summed E-state index contributed by atoms with van der Waals surface area (Å²) in [6.07, 6.45) is 2.57. The molecule has 3 aromatic rings. The van der Waals surface area contributed by atoms with Gasteiger partial charge < -0.3 is 32.1 Å². The van der Waals surface area contributed by atoms with Crippen molar-refractivity contribution in [1.82, 2.24) is 20.9 Å². The third-order valence-corrected chi connectivity index (χ3v) is 9.91. The Hall–Kier alpha value is -3.73. The number of amides is 1. The van der Waals surface area contributed by atoms with Gasteiger partial charge in [-0.1, -0.05) is 6.07 Å². The Morgan fingerprint density at radius 2 is 2.00 bits per heavy atom. The number of thiazole rings is 1. The lowest BCUT2D eigenvalue weighted by Gasteiger charge is -2.20. The van der Waals surface area contributed by atoms with E-state index in [9.17, 15) is 23.1 Å². The van der Waals surface area contributed by atoms with Crippen molar-refractivity contribution in [2.45, 2.75) is 49.1 Å². The smallest absolute Gasteiger partial charge is 0.326 e. The van der Waals surface area contributed by atoms with Gasteiger partial charge in [0.2, 0.25) is 0 Å². The van der Waals surface area contributed by atoms with Gasteiger partial charge in [0.25, 0.3) is 15.9 Å². The first kappa shape index (κ1) is 31.2. The normalized spacial score (nSPS) is 14.6. The fourth-order valence-corrected chi connectivity index (χ4v) is 7.33. The van der Waals surface area contributed by atoms with E-state index in [2.05, 4.69) is 26.0 Å². The number of nitrogens with zero attached hydrogens (tertiary/aromatic N) is 1. The number of benzene rings is 1. The molecule has 4 rings (SSSR count). The van der Waals surface area contributed by atoms with Crippen LogP contribution in [0.2, 0.25) is 0 Å². The van der Waals surface area contributed by atoms with Gasteiger partial charge >= 0.3 is 5.97 Å². The van der Waals surface area contributed by atoms with Gasteiger partial charge in [0, 0.05) is 23.5 Å². The molecule has 13 nitrogen and oxygen atoms in total. The second kappa shape index (κ2) is 14.4. The van der Waals surface area contributed by atoms with Crippen molar-refractivity contribution in [2.24, 2.45) is 5.73 Å². The van der Waals surface area contributed by atoms with Crippen LogP contribution in [0, 0.1) is 5.41 Å². The molecule has 1 aliphatic heterocycles. The number of carbonyl (C=O) groups is 2. The van der Waals surface area contributed by atoms with Crippen LogP contribution in [0.15, 0.2) is 46.0 Å². The molecular formula is C26H34N8O5S3. The molecule has 1 atom stereocenters. The van der Waals surface area contributed by atoms with Crippen molar-refractivity contribution < 1.29 is 23.1 Å². The summed E-state index contributed by atoms with van der Waals surface area (Å²) < 4.78 is 28.9. The number of carboxylic acids is 1. The van der Waals surface area contributed by atoms with Gasteiger partial charge in [-0.15, -0.1) is 22.7 Å². The number of rotatable bonds is 14. The van der Waals surface area contributed by atoms with Crippen molar-refractivity contribution in [1.29, 1.82) is 5.41 Å². The molecule has 9 N–H and O–H groups in total. The standard InChI is InChI=1S/C26H34N8O5S3/c27-26(28)30-9-2-5-21(25(36)37)33-23(35)22-20(8-12-40-22)34-42(38,39)19-4-1-3-17(13-19)31-14-18-15-41-24(32-18)16-6-10-29-11-7-16/h1,3-4,8,12-13,15-16,21,29,31,34H,2,5-7,9-11,14H2,(H,33,35)(H,36,37)(H4,27,28,30)/t21-/m0/s1. The number of carbonyl (C=O) groups excluding carboxylic acids is 1. The maximum absolute atomic E-state index is 13.2. The number of thiophene rings is 1. The second-order valence-corrected chi connectivity index (χ2v) is 13.2. The minimum atomic E-state index is -4.06. The molecule has 1 aromatic carbocycles. The Labute approximate surface area is 251 Å². The van der Waals surface area contributed by atoms with Crippen LogP contribution < -0.4 is 31.7 Å². The second-order valence-electron chi connectivity index (χ2n) is 9.70. The molecule has 3 heterocycles. The zero-order valence-electron chi connectivity index (χ0n) is 22.7. The van der Waals surface area contributed by atoms with Crippen molar-refractivity contribution in [3.05, 3.63) is 56.7 Å². The topological polar surface area (TPSA) is 211 Å². The molecule has 1 amide bonds. The van der Waals surface area contributed by atoms with Gasteiger partial charge in [0.05, 0.1) is 27.8 Å². The van der Waals surface area contributed by atoms with Crippen LogP contribution in [-0.2, 0) is 21.4 Å². The maximum atomic E-state index is 13.2. The largest absolute Gasteiger partial charge is 0.480 e. The average Bonchev–Trinajstić information content (AvgIpc) is 3.63. The van der Waals surface area contributed by atoms with E-state index in [1.807, 2.05) is 5.38 Å². The maximum Gasteiger partial charge on any atom is 0.326 e. The molecular weight excluding hydrogens is 601 g/mol. The first-order chi connectivity index (χ1) is 20.1. The van der Waals surface area contributed by atoms with Crippen LogP contribution in [0.5, 0.6) is 0 Å². The van der Waals surface area contributed by atoms with Crippen LogP contribution in [0.1, 0.15) is 52.0 Å². The van der Waals surface area contributed by atoms with Gasteiger partial charge in [-0.25, -0.2) is 18.2 Å².